The van der Waals surface area contributed by atoms with Crippen molar-refractivity contribution in [2.24, 2.45) is 0 Å². The third-order valence-electron chi connectivity index (χ3n) is 1.97. The predicted molar refractivity (Wildman–Crippen MR) is 43.9 cm³/mol. The van der Waals surface area contributed by atoms with Gasteiger partial charge < -0.3 is 5.11 Å². The molecule has 0 saturated carbocycles. The Bertz CT molecular complexity index is 491. The number of hydrogen-bond acceptors (Lipinski definition) is 3. The molecule has 15 heavy (non-hydrogen) atoms. The van der Waals surface area contributed by atoms with Crippen LogP contribution in [-0.2, 0) is 12.8 Å². The number of halogens is 3. The van der Waals surface area contributed by atoms with Crippen LogP contribution in [0.1, 0.15) is 11.3 Å². The number of aromatic nitrogens is 3. The molecule has 0 amide bonds. The Morgan fingerprint density at radius 1 is 1.40 bits per heavy atom. The largest absolute Gasteiger partial charge is 0.435 e. The number of rotatable bonds is 1. The van der Waals surface area contributed by atoms with Gasteiger partial charge in [-0.25, -0.2) is 9.50 Å². The lowest BCUT2D eigenvalue weighted by molar-refractivity contribution is -0.142. The maximum absolute atomic E-state index is 12.5. The first-order chi connectivity index (χ1) is 7.04. The van der Waals surface area contributed by atoms with Gasteiger partial charge in [0.25, 0.3) is 0 Å². The summed E-state index contributed by atoms with van der Waals surface area (Å²) in [6.45, 7) is -0.706. The van der Waals surface area contributed by atoms with Crippen LogP contribution in [0.4, 0.5) is 13.2 Å². The Kier molecular flexibility index (Phi) is 2.11. The average molecular weight is 217 g/mol. The topological polar surface area (TPSA) is 50.4 Å². The van der Waals surface area contributed by atoms with Crippen LogP contribution in [0.2, 0.25) is 0 Å². The van der Waals surface area contributed by atoms with E-state index in [0.717, 1.165) is 10.8 Å². The Morgan fingerprint density at radius 2 is 2.13 bits per heavy atom. The summed E-state index contributed by atoms with van der Waals surface area (Å²) in [5.74, 6) is 0. The molecule has 0 aromatic carbocycles. The lowest BCUT2D eigenvalue weighted by Crippen LogP contribution is -2.09. The summed E-state index contributed by atoms with van der Waals surface area (Å²) in [5.41, 5.74) is -1.09. The van der Waals surface area contributed by atoms with E-state index >= 15 is 0 Å². The number of fused-ring (bicyclic) bond motifs is 1. The third-order valence-corrected chi connectivity index (χ3v) is 1.97. The van der Waals surface area contributed by atoms with Crippen molar-refractivity contribution in [2.45, 2.75) is 12.8 Å². The molecular formula is C8H6F3N3O. The molecule has 0 aliphatic rings. The van der Waals surface area contributed by atoms with E-state index in [0.29, 0.717) is 0 Å². The fourth-order valence-corrected chi connectivity index (χ4v) is 1.35. The average Bonchev–Trinajstić information content (AvgIpc) is 2.55. The van der Waals surface area contributed by atoms with E-state index in [-0.39, 0.29) is 11.1 Å². The summed E-state index contributed by atoms with van der Waals surface area (Å²) in [6, 6.07) is 1.37. The molecule has 0 unspecified atom stereocenters. The highest BCUT2D eigenvalue weighted by atomic mass is 19.4. The minimum atomic E-state index is -4.57. The number of aliphatic hydroxyl groups excluding tert-OH is 1. The van der Waals surface area contributed by atoms with Crippen LogP contribution in [0.3, 0.4) is 0 Å². The quantitative estimate of drug-likeness (QED) is 0.781. The molecule has 1 N–H and O–H groups in total. The Hall–Kier alpha value is -1.63. The molecule has 0 radical (unpaired) electrons. The molecule has 0 aliphatic heterocycles. The summed E-state index contributed by atoms with van der Waals surface area (Å²) in [5, 5.41) is 12.2. The molecule has 80 valence electrons. The monoisotopic (exact) mass is 217 g/mol. The summed E-state index contributed by atoms with van der Waals surface area (Å²) >= 11 is 0. The van der Waals surface area contributed by atoms with Gasteiger partial charge in [0, 0.05) is 11.8 Å². The van der Waals surface area contributed by atoms with Gasteiger partial charge in [-0.15, -0.1) is 0 Å². The molecule has 4 nitrogen and oxygen atoms in total. The van der Waals surface area contributed by atoms with Crippen molar-refractivity contribution in [3.05, 3.63) is 29.8 Å². The van der Waals surface area contributed by atoms with Crippen LogP contribution in [-0.4, -0.2) is 19.7 Å². The predicted octanol–water partition coefficient (Wildman–Crippen LogP) is 1.24. The van der Waals surface area contributed by atoms with Crippen LogP contribution >= 0.6 is 0 Å². The number of aliphatic hydroxyl groups is 1. The van der Waals surface area contributed by atoms with Gasteiger partial charge >= 0.3 is 6.18 Å². The van der Waals surface area contributed by atoms with Crippen LogP contribution in [0.15, 0.2) is 18.6 Å². The van der Waals surface area contributed by atoms with Crippen molar-refractivity contribution in [1.82, 2.24) is 14.6 Å². The third kappa shape index (κ3) is 1.54. The Balaban J connectivity index is 2.75. The van der Waals surface area contributed by atoms with Crippen molar-refractivity contribution >= 4 is 5.52 Å². The van der Waals surface area contributed by atoms with E-state index in [9.17, 15) is 13.2 Å². The molecule has 2 aromatic heterocycles. The highest BCUT2D eigenvalue weighted by Gasteiger charge is 2.37. The zero-order chi connectivity index (χ0) is 11.1. The summed E-state index contributed by atoms with van der Waals surface area (Å²) in [7, 11) is 0. The van der Waals surface area contributed by atoms with Gasteiger partial charge in [-0.3, -0.25) is 0 Å². The van der Waals surface area contributed by atoms with Crippen molar-refractivity contribution < 1.29 is 18.3 Å². The van der Waals surface area contributed by atoms with Gasteiger partial charge in [0.1, 0.15) is 6.33 Å². The first-order valence-corrected chi connectivity index (χ1v) is 4.03. The van der Waals surface area contributed by atoms with Gasteiger partial charge in [-0.2, -0.15) is 18.3 Å². The number of nitrogens with zero attached hydrogens (tertiary/aromatic N) is 3. The van der Waals surface area contributed by atoms with E-state index in [4.69, 9.17) is 5.11 Å². The maximum atomic E-state index is 12.5. The van der Waals surface area contributed by atoms with E-state index in [1.165, 1.54) is 12.3 Å². The smallest absolute Gasteiger partial charge is 0.392 e. The molecule has 2 aromatic rings. The standard InChI is InChI=1S/C8H6F3N3O/c9-8(10,11)7-5(3-15)6-1-2-12-4-14(6)13-7/h1-2,4,15H,3H2. The summed E-state index contributed by atoms with van der Waals surface area (Å²) < 4.78 is 38.4. The van der Waals surface area contributed by atoms with E-state index in [1.807, 2.05) is 0 Å². The van der Waals surface area contributed by atoms with Crippen LogP contribution in [0, 0.1) is 0 Å². The fourth-order valence-electron chi connectivity index (χ4n) is 1.35. The second-order valence-electron chi connectivity index (χ2n) is 2.89. The van der Waals surface area contributed by atoms with Crippen LogP contribution in [0.5, 0.6) is 0 Å². The van der Waals surface area contributed by atoms with E-state index in [1.54, 1.807) is 0 Å². The zero-order valence-electron chi connectivity index (χ0n) is 7.36. The molecule has 0 atom stereocenters. The van der Waals surface area contributed by atoms with Crippen molar-refractivity contribution in [1.29, 1.82) is 0 Å². The van der Waals surface area contributed by atoms with Crippen LogP contribution in [0.25, 0.3) is 5.52 Å². The highest BCUT2D eigenvalue weighted by Crippen LogP contribution is 2.32. The van der Waals surface area contributed by atoms with Crippen molar-refractivity contribution in [3.8, 4) is 0 Å². The lowest BCUT2D eigenvalue weighted by Gasteiger charge is -2.03. The van der Waals surface area contributed by atoms with Gasteiger partial charge in [0.05, 0.1) is 12.1 Å². The van der Waals surface area contributed by atoms with E-state index in [2.05, 4.69) is 10.1 Å². The van der Waals surface area contributed by atoms with Gasteiger partial charge in [-0.1, -0.05) is 0 Å². The van der Waals surface area contributed by atoms with E-state index < -0.39 is 18.5 Å². The molecule has 2 heterocycles. The maximum Gasteiger partial charge on any atom is 0.435 e. The van der Waals surface area contributed by atoms with Gasteiger partial charge in [0.15, 0.2) is 5.69 Å². The number of hydrogen-bond donors (Lipinski definition) is 1. The fraction of sp³-hybridized carbons (Fsp3) is 0.250. The Morgan fingerprint density at radius 3 is 2.73 bits per heavy atom. The molecule has 0 spiro atoms. The normalized spacial score (nSPS) is 12.3. The van der Waals surface area contributed by atoms with Crippen molar-refractivity contribution in [3.63, 3.8) is 0 Å². The molecular weight excluding hydrogens is 211 g/mol. The summed E-state index contributed by atoms with van der Waals surface area (Å²) in [6.07, 6.45) is -2.07. The molecule has 0 bridgehead atoms. The lowest BCUT2D eigenvalue weighted by atomic mass is 10.2. The Labute approximate surface area is 82.0 Å². The molecule has 0 fully saturated rings. The zero-order valence-corrected chi connectivity index (χ0v) is 7.36. The molecule has 2 rings (SSSR count). The van der Waals surface area contributed by atoms with Crippen molar-refractivity contribution in [2.75, 3.05) is 0 Å². The highest BCUT2D eigenvalue weighted by molar-refractivity contribution is 5.55. The van der Waals surface area contributed by atoms with Crippen LogP contribution < -0.4 is 0 Å². The summed E-state index contributed by atoms with van der Waals surface area (Å²) in [4.78, 5) is 3.64. The van der Waals surface area contributed by atoms with Gasteiger partial charge in [-0.05, 0) is 6.07 Å². The second kappa shape index (κ2) is 3.20. The first kappa shape index (κ1) is 9.91. The molecule has 0 aliphatic carbocycles. The molecule has 0 saturated heterocycles. The number of alkyl halides is 3. The second-order valence-corrected chi connectivity index (χ2v) is 2.89. The minimum absolute atomic E-state index is 0.208. The first-order valence-electron chi connectivity index (χ1n) is 4.03. The SMILES string of the molecule is OCc1c(C(F)(F)F)nn2cnccc12. The molecule has 7 heteroatoms. The van der Waals surface area contributed by atoms with Gasteiger partial charge in [0.2, 0.25) is 0 Å². The minimum Gasteiger partial charge on any atom is -0.392 e.